The highest BCUT2D eigenvalue weighted by Crippen LogP contribution is 2.22. The van der Waals surface area contributed by atoms with Gasteiger partial charge in [-0.2, -0.15) is 4.37 Å². The third-order valence-electron chi connectivity index (χ3n) is 3.01. The van der Waals surface area contributed by atoms with Crippen LogP contribution in [0.4, 0.5) is 10.8 Å². The second-order valence-electron chi connectivity index (χ2n) is 4.05. The monoisotopic (exact) mass is 256 g/mol. The van der Waals surface area contributed by atoms with Crippen LogP contribution in [0.5, 0.6) is 0 Å². The molecule has 0 fully saturated rings. The lowest BCUT2D eigenvalue weighted by Crippen LogP contribution is -2.29. The van der Waals surface area contributed by atoms with Crippen molar-refractivity contribution in [2.24, 2.45) is 0 Å². The summed E-state index contributed by atoms with van der Waals surface area (Å²) in [5.41, 5.74) is 5.66. The van der Waals surface area contributed by atoms with Crippen LogP contribution >= 0.6 is 11.5 Å². The summed E-state index contributed by atoms with van der Waals surface area (Å²) in [6, 6.07) is 1.96. The third-order valence-corrected chi connectivity index (χ3v) is 3.87. The van der Waals surface area contributed by atoms with E-state index in [2.05, 4.69) is 34.9 Å². The van der Waals surface area contributed by atoms with Crippen LogP contribution in [0, 0.1) is 0 Å². The van der Waals surface area contributed by atoms with Gasteiger partial charge < -0.3 is 15.5 Å². The quantitative estimate of drug-likeness (QED) is 0.775. The highest BCUT2D eigenvalue weighted by Gasteiger charge is 2.08. The average molecular weight is 256 g/mol. The Morgan fingerprint density at radius 2 is 1.88 bits per heavy atom. The molecule has 0 aliphatic heterocycles. The lowest BCUT2D eigenvalue weighted by molar-refractivity contribution is 0.301. The fraction of sp³-hybridized carbons (Fsp3) is 0.750. The number of nitrogen functional groups attached to an aromatic ring is 1. The summed E-state index contributed by atoms with van der Waals surface area (Å²) < 4.78 is 4.13. The lowest BCUT2D eigenvalue weighted by Gasteiger charge is -2.23. The van der Waals surface area contributed by atoms with Gasteiger partial charge in [0.25, 0.3) is 0 Å². The van der Waals surface area contributed by atoms with Crippen LogP contribution in [0.15, 0.2) is 6.07 Å². The number of hydrogen-bond acceptors (Lipinski definition) is 5. The molecule has 0 aliphatic carbocycles. The number of rotatable bonds is 8. The first-order valence-electron chi connectivity index (χ1n) is 6.40. The number of nitrogens with zero attached hydrogens (tertiary/aromatic N) is 3. The molecular formula is C12H24N4S. The zero-order chi connectivity index (χ0) is 12.7. The summed E-state index contributed by atoms with van der Waals surface area (Å²) in [4.78, 5) is 4.80. The van der Waals surface area contributed by atoms with Gasteiger partial charge in [-0.15, -0.1) is 0 Å². The molecule has 5 heteroatoms. The minimum atomic E-state index is 0.632. The van der Waals surface area contributed by atoms with Crippen molar-refractivity contribution in [3.05, 3.63) is 6.07 Å². The standard InChI is InChI=1S/C12H24N4S/c1-4-15(5-2)8-7-9-16(6-3)12-10-11(13)14-17-12/h10H,4-9H2,1-3H3,(H2,13,14). The molecule has 0 radical (unpaired) electrons. The van der Waals surface area contributed by atoms with E-state index in [0.29, 0.717) is 5.82 Å². The van der Waals surface area contributed by atoms with Crippen molar-refractivity contribution < 1.29 is 0 Å². The summed E-state index contributed by atoms with van der Waals surface area (Å²) in [6.45, 7) is 12.1. The zero-order valence-electron chi connectivity index (χ0n) is 11.1. The topological polar surface area (TPSA) is 45.4 Å². The second-order valence-corrected chi connectivity index (χ2v) is 4.83. The summed E-state index contributed by atoms with van der Waals surface area (Å²) >= 11 is 1.49. The fourth-order valence-corrected chi connectivity index (χ4v) is 2.64. The summed E-state index contributed by atoms with van der Waals surface area (Å²) in [5, 5.41) is 1.18. The maximum Gasteiger partial charge on any atom is 0.139 e. The van der Waals surface area contributed by atoms with E-state index in [0.717, 1.165) is 32.7 Å². The molecule has 17 heavy (non-hydrogen) atoms. The zero-order valence-corrected chi connectivity index (χ0v) is 12.0. The van der Waals surface area contributed by atoms with E-state index in [9.17, 15) is 0 Å². The molecule has 4 nitrogen and oxygen atoms in total. The Bertz CT molecular complexity index is 309. The molecule has 1 rings (SSSR count). The maximum absolute atomic E-state index is 5.66. The molecule has 0 aromatic carbocycles. The molecule has 0 atom stereocenters. The smallest absolute Gasteiger partial charge is 0.139 e. The molecule has 1 aromatic rings. The Morgan fingerprint density at radius 3 is 2.35 bits per heavy atom. The van der Waals surface area contributed by atoms with Gasteiger partial charge in [0, 0.05) is 19.2 Å². The Morgan fingerprint density at radius 1 is 1.18 bits per heavy atom. The number of hydrogen-bond donors (Lipinski definition) is 1. The van der Waals surface area contributed by atoms with E-state index >= 15 is 0 Å². The predicted molar refractivity (Wildman–Crippen MR) is 76.8 cm³/mol. The Balaban J connectivity index is 2.38. The molecule has 2 N–H and O–H groups in total. The molecular weight excluding hydrogens is 232 g/mol. The van der Waals surface area contributed by atoms with Crippen molar-refractivity contribution in [3.8, 4) is 0 Å². The molecule has 0 amide bonds. The first-order valence-corrected chi connectivity index (χ1v) is 7.18. The molecule has 1 aromatic heterocycles. The predicted octanol–water partition coefficient (Wildman–Crippen LogP) is 2.28. The van der Waals surface area contributed by atoms with Crippen molar-refractivity contribution in [2.75, 3.05) is 43.4 Å². The maximum atomic E-state index is 5.66. The molecule has 0 spiro atoms. The second kappa shape index (κ2) is 7.50. The first-order chi connectivity index (χ1) is 8.21. The minimum absolute atomic E-state index is 0.632. The summed E-state index contributed by atoms with van der Waals surface area (Å²) in [7, 11) is 0. The van der Waals surface area contributed by atoms with Gasteiger partial charge in [-0.25, -0.2) is 0 Å². The summed E-state index contributed by atoms with van der Waals surface area (Å²) in [5.74, 6) is 0.632. The van der Waals surface area contributed by atoms with E-state index in [1.54, 1.807) is 0 Å². The minimum Gasteiger partial charge on any atom is -0.383 e. The van der Waals surface area contributed by atoms with E-state index in [1.807, 2.05) is 6.07 Å². The van der Waals surface area contributed by atoms with Crippen LogP contribution < -0.4 is 10.6 Å². The molecule has 0 aliphatic rings. The van der Waals surface area contributed by atoms with E-state index in [1.165, 1.54) is 23.0 Å². The Kier molecular flexibility index (Phi) is 6.29. The van der Waals surface area contributed by atoms with E-state index < -0.39 is 0 Å². The molecule has 0 bridgehead atoms. The van der Waals surface area contributed by atoms with Crippen LogP contribution in [-0.4, -0.2) is 42.0 Å². The van der Waals surface area contributed by atoms with Crippen LogP contribution in [0.25, 0.3) is 0 Å². The van der Waals surface area contributed by atoms with Crippen molar-refractivity contribution in [2.45, 2.75) is 27.2 Å². The van der Waals surface area contributed by atoms with Crippen molar-refractivity contribution in [1.82, 2.24) is 9.27 Å². The van der Waals surface area contributed by atoms with Gasteiger partial charge >= 0.3 is 0 Å². The van der Waals surface area contributed by atoms with Gasteiger partial charge in [-0.05, 0) is 44.5 Å². The normalized spacial score (nSPS) is 11.1. The number of anilines is 2. The van der Waals surface area contributed by atoms with Gasteiger partial charge in [0.1, 0.15) is 10.8 Å². The molecule has 0 unspecified atom stereocenters. The van der Waals surface area contributed by atoms with Crippen molar-refractivity contribution in [3.63, 3.8) is 0 Å². The molecule has 0 saturated carbocycles. The van der Waals surface area contributed by atoms with E-state index in [-0.39, 0.29) is 0 Å². The van der Waals surface area contributed by atoms with Gasteiger partial charge in [0.05, 0.1) is 0 Å². The SMILES string of the molecule is CCN(CC)CCCN(CC)c1cc(N)ns1. The van der Waals surface area contributed by atoms with Crippen molar-refractivity contribution in [1.29, 1.82) is 0 Å². The van der Waals surface area contributed by atoms with Crippen LogP contribution in [0.3, 0.4) is 0 Å². The largest absolute Gasteiger partial charge is 0.383 e. The molecule has 1 heterocycles. The van der Waals surface area contributed by atoms with Gasteiger partial charge in [-0.1, -0.05) is 13.8 Å². The Labute approximate surface area is 109 Å². The number of aromatic nitrogens is 1. The Hall–Kier alpha value is -0.810. The van der Waals surface area contributed by atoms with Gasteiger partial charge in [0.2, 0.25) is 0 Å². The van der Waals surface area contributed by atoms with Gasteiger partial charge in [-0.3, -0.25) is 0 Å². The average Bonchev–Trinajstić information content (AvgIpc) is 2.76. The number of nitrogens with two attached hydrogens (primary N) is 1. The van der Waals surface area contributed by atoms with Gasteiger partial charge in [0.15, 0.2) is 0 Å². The third kappa shape index (κ3) is 4.52. The molecule has 0 saturated heterocycles. The highest BCUT2D eigenvalue weighted by atomic mass is 32.1. The molecule has 98 valence electrons. The van der Waals surface area contributed by atoms with Crippen LogP contribution in [-0.2, 0) is 0 Å². The fourth-order valence-electron chi connectivity index (χ4n) is 1.88. The van der Waals surface area contributed by atoms with Crippen LogP contribution in [0.1, 0.15) is 27.2 Å². The van der Waals surface area contributed by atoms with Crippen molar-refractivity contribution >= 4 is 22.4 Å². The highest BCUT2D eigenvalue weighted by molar-refractivity contribution is 7.10. The lowest BCUT2D eigenvalue weighted by atomic mass is 10.3. The van der Waals surface area contributed by atoms with E-state index in [4.69, 9.17) is 5.73 Å². The van der Waals surface area contributed by atoms with Crippen LogP contribution in [0.2, 0.25) is 0 Å². The summed E-state index contributed by atoms with van der Waals surface area (Å²) in [6.07, 6.45) is 1.19. The first kappa shape index (κ1) is 14.3.